The Morgan fingerprint density at radius 2 is 2.05 bits per heavy atom. The van der Waals surface area contributed by atoms with Crippen molar-refractivity contribution in [2.75, 3.05) is 6.61 Å². The van der Waals surface area contributed by atoms with E-state index in [1.54, 1.807) is 32.0 Å². The van der Waals surface area contributed by atoms with E-state index < -0.39 is 5.60 Å². The van der Waals surface area contributed by atoms with Crippen LogP contribution in [-0.2, 0) is 12.0 Å². The number of aromatic nitrogens is 1. The topological polar surface area (TPSA) is 42.4 Å². The van der Waals surface area contributed by atoms with Crippen LogP contribution in [0.15, 0.2) is 24.3 Å². The summed E-state index contributed by atoms with van der Waals surface area (Å²) in [5.41, 5.74) is -0.0461. The van der Waals surface area contributed by atoms with Crippen LogP contribution in [0.2, 0.25) is 0 Å². The molecule has 1 heterocycles. The number of nitrogens with zero attached hydrogens (tertiary/aromatic N) is 1. The van der Waals surface area contributed by atoms with E-state index >= 15 is 0 Å². The molecule has 0 atom stereocenters. The first-order valence-electron chi connectivity index (χ1n) is 6.44. The zero-order valence-electron chi connectivity index (χ0n) is 11.8. The molecule has 0 spiro atoms. The van der Waals surface area contributed by atoms with E-state index in [1.165, 1.54) is 17.4 Å². The Hall–Kier alpha value is -1.46. The van der Waals surface area contributed by atoms with Crippen LogP contribution >= 0.6 is 11.3 Å². The average Bonchev–Trinajstić information content (AvgIpc) is 2.73. The van der Waals surface area contributed by atoms with Gasteiger partial charge in [0, 0.05) is 6.42 Å². The summed E-state index contributed by atoms with van der Waals surface area (Å²) < 4.78 is 18.8. The molecule has 5 heteroatoms. The summed E-state index contributed by atoms with van der Waals surface area (Å²) in [6, 6.07) is 6.33. The molecule has 1 N–H and O–H groups in total. The standard InChI is InChI=1S/C15H18FNO2S/c1-10-14(15(2,3)18)20-13(17-10)8-9-19-12-7-5-4-6-11(12)16/h4-7,18H,8-9H2,1-3H3. The van der Waals surface area contributed by atoms with Gasteiger partial charge < -0.3 is 9.84 Å². The third-order valence-corrected chi connectivity index (χ3v) is 4.34. The number of thiazole rings is 1. The normalized spacial score (nSPS) is 11.7. The molecule has 2 rings (SSSR count). The fourth-order valence-electron chi connectivity index (χ4n) is 1.94. The number of para-hydroxylation sites is 1. The largest absolute Gasteiger partial charge is 0.490 e. The molecule has 3 nitrogen and oxygen atoms in total. The van der Waals surface area contributed by atoms with Crippen LogP contribution in [0.1, 0.15) is 29.4 Å². The number of hydrogen-bond donors (Lipinski definition) is 1. The lowest BCUT2D eigenvalue weighted by atomic mass is 10.1. The van der Waals surface area contributed by atoms with E-state index in [0.717, 1.165) is 15.6 Å². The number of hydrogen-bond acceptors (Lipinski definition) is 4. The molecule has 108 valence electrons. The fourth-order valence-corrected chi connectivity index (χ4v) is 2.98. The highest BCUT2D eigenvalue weighted by Gasteiger charge is 2.22. The Bertz CT molecular complexity index is 590. The van der Waals surface area contributed by atoms with E-state index in [4.69, 9.17) is 4.74 Å². The van der Waals surface area contributed by atoms with Crippen molar-refractivity contribution >= 4 is 11.3 Å². The number of rotatable bonds is 5. The summed E-state index contributed by atoms with van der Waals surface area (Å²) in [5, 5.41) is 10.9. The molecule has 1 aromatic carbocycles. The quantitative estimate of drug-likeness (QED) is 0.919. The molecule has 20 heavy (non-hydrogen) atoms. The molecule has 0 saturated carbocycles. The van der Waals surface area contributed by atoms with Crippen molar-refractivity contribution in [1.29, 1.82) is 0 Å². The van der Waals surface area contributed by atoms with Crippen LogP contribution in [0.5, 0.6) is 5.75 Å². The number of ether oxygens (including phenoxy) is 1. The van der Waals surface area contributed by atoms with Gasteiger partial charge in [0.25, 0.3) is 0 Å². The molecule has 0 unspecified atom stereocenters. The minimum atomic E-state index is -0.883. The first-order chi connectivity index (χ1) is 9.38. The molecule has 0 aliphatic rings. The SMILES string of the molecule is Cc1nc(CCOc2ccccc2F)sc1C(C)(C)O. The maximum Gasteiger partial charge on any atom is 0.165 e. The Morgan fingerprint density at radius 1 is 1.35 bits per heavy atom. The predicted octanol–water partition coefficient (Wildman–Crippen LogP) is 3.44. The van der Waals surface area contributed by atoms with E-state index in [0.29, 0.717) is 13.0 Å². The van der Waals surface area contributed by atoms with Gasteiger partial charge in [0.05, 0.1) is 27.8 Å². The van der Waals surface area contributed by atoms with Gasteiger partial charge >= 0.3 is 0 Å². The molecule has 0 saturated heterocycles. The second kappa shape index (κ2) is 5.89. The maximum atomic E-state index is 13.4. The lowest BCUT2D eigenvalue weighted by Crippen LogP contribution is -2.14. The predicted molar refractivity (Wildman–Crippen MR) is 77.7 cm³/mol. The van der Waals surface area contributed by atoms with Crippen LogP contribution < -0.4 is 4.74 Å². The molecule has 2 aromatic rings. The smallest absolute Gasteiger partial charge is 0.165 e. The van der Waals surface area contributed by atoms with Crippen molar-refractivity contribution in [2.24, 2.45) is 0 Å². The highest BCUT2D eigenvalue weighted by molar-refractivity contribution is 7.11. The molecule has 0 aliphatic heterocycles. The number of halogens is 1. The van der Waals surface area contributed by atoms with E-state index in [-0.39, 0.29) is 11.6 Å². The van der Waals surface area contributed by atoms with Gasteiger partial charge in [-0.15, -0.1) is 11.3 Å². The third-order valence-electron chi connectivity index (χ3n) is 2.81. The summed E-state index contributed by atoms with van der Waals surface area (Å²) in [6.07, 6.45) is 0.593. The zero-order chi connectivity index (χ0) is 14.8. The van der Waals surface area contributed by atoms with E-state index in [1.807, 2.05) is 6.92 Å². The number of aryl methyl sites for hydroxylation is 1. The fraction of sp³-hybridized carbons (Fsp3) is 0.400. The molecular weight excluding hydrogens is 277 g/mol. The zero-order valence-corrected chi connectivity index (χ0v) is 12.6. The van der Waals surface area contributed by atoms with Crippen LogP contribution in [0.4, 0.5) is 4.39 Å². The maximum absolute atomic E-state index is 13.4. The second-order valence-corrected chi connectivity index (χ2v) is 6.19. The summed E-state index contributed by atoms with van der Waals surface area (Å²) >= 11 is 1.47. The molecule has 0 aliphatic carbocycles. The Morgan fingerprint density at radius 3 is 2.65 bits per heavy atom. The molecule has 0 bridgehead atoms. The highest BCUT2D eigenvalue weighted by Crippen LogP contribution is 2.29. The highest BCUT2D eigenvalue weighted by atomic mass is 32.1. The van der Waals surface area contributed by atoms with Gasteiger partial charge in [-0.05, 0) is 32.9 Å². The van der Waals surface area contributed by atoms with Gasteiger partial charge in [-0.1, -0.05) is 12.1 Å². The average molecular weight is 295 g/mol. The van der Waals surface area contributed by atoms with Crippen molar-refractivity contribution < 1.29 is 14.2 Å². The monoisotopic (exact) mass is 295 g/mol. The minimum absolute atomic E-state index is 0.253. The molecule has 0 radical (unpaired) electrons. The second-order valence-electron chi connectivity index (χ2n) is 5.11. The summed E-state index contributed by atoms with van der Waals surface area (Å²) in [7, 11) is 0. The van der Waals surface area contributed by atoms with Crippen molar-refractivity contribution in [2.45, 2.75) is 32.8 Å². The Kier molecular flexibility index (Phi) is 4.40. The van der Waals surface area contributed by atoms with Gasteiger partial charge in [-0.25, -0.2) is 9.37 Å². The van der Waals surface area contributed by atoms with Crippen molar-refractivity contribution in [3.63, 3.8) is 0 Å². The van der Waals surface area contributed by atoms with Gasteiger partial charge in [0.2, 0.25) is 0 Å². The minimum Gasteiger partial charge on any atom is -0.490 e. The first kappa shape index (κ1) is 14.9. The van der Waals surface area contributed by atoms with Crippen LogP contribution in [-0.4, -0.2) is 16.7 Å². The Balaban J connectivity index is 1.97. The van der Waals surface area contributed by atoms with E-state index in [9.17, 15) is 9.50 Å². The van der Waals surface area contributed by atoms with Crippen LogP contribution in [0, 0.1) is 12.7 Å². The van der Waals surface area contributed by atoms with Crippen molar-refractivity contribution in [1.82, 2.24) is 4.98 Å². The van der Waals surface area contributed by atoms with E-state index in [2.05, 4.69) is 4.98 Å². The molecule has 0 fully saturated rings. The summed E-state index contributed by atoms with van der Waals surface area (Å²) in [4.78, 5) is 5.28. The first-order valence-corrected chi connectivity index (χ1v) is 7.26. The van der Waals surface area contributed by atoms with Crippen molar-refractivity contribution in [3.05, 3.63) is 45.7 Å². The number of aliphatic hydroxyl groups is 1. The molecular formula is C15H18FNO2S. The van der Waals surface area contributed by atoms with Crippen molar-refractivity contribution in [3.8, 4) is 5.75 Å². The van der Waals surface area contributed by atoms with Gasteiger partial charge in [-0.3, -0.25) is 0 Å². The lowest BCUT2D eigenvalue weighted by Gasteiger charge is -2.15. The van der Waals surface area contributed by atoms with Crippen LogP contribution in [0.3, 0.4) is 0 Å². The number of benzene rings is 1. The van der Waals surface area contributed by atoms with Gasteiger partial charge in [0.1, 0.15) is 0 Å². The molecule has 1 aromatic heterocycles. The lowest BCUT2D eigenvalue weighted by molar-refractivity contribution is 0.0817. The summed E-state index contributed by atoms with van der Waals surface area (Å²) in [6.45, 7) is 5.73. The Labute approximate surface area is 122 Å². The van der Waals surface area contributed by atoms with Crippen LogP contribution in [0.25, 0.3) is 0 Å². The van der Waals surface area contributed by atoms with Gasteiger partial charge in [-0.2, -0.15) is 0 Å². The summed E-state index contributed by atoms with van der Waals surface area (Å²) in [5.74, 6) is -0.108. The molecule has 0 amide bonds. The third kappa shape index (κ3) is 3.55. The van der Waals surface area contributed by atoms with Gasteiger partial charge in [0.15, 0.2) is 11.6 Å².